The summed E-state index contributed by atoms with van der Waals surface area (Å²) in [6, 6.07) is 3.16. The van der Waals surface area contributed by atoms with E-state index in [4.69, 9.17) is 11.6 Å². The first-order valence-corrected chi connectivity index (χ1v) is 7.55. The first-order chi connectivity index (χ1) is 9.23. The van der Waals surface area contributed by atoms with E-state index in [2.05, 4.69) is 0 Å². The zero-order valence-corrected chi connectivity index (χ0v) is 12.0. The zero-order valence-electron chi connectivity index (χ0n) is 10.4. The van der Waals surface area contributed by atoms with Crippen molar-refractivity contribution in [2.24, 2.45) is 5.92 Å². The number of hydrogen-bond acceptors (Lipinski definition) is 5. The highest BCUT2D eigenvalue weighted by molar-refractivity contribution is 7.89. The van der Waals surface area contributed by atoms with E-state index in [9.17, 15) is 23.3 Å². The van der Waals surface area contributed by atoms with Gasteiger partial charge in [0.15, 0.2) is 0 Å². The molecule has 0 aliphatic carbocycles. The molecule has 0 spiro atoms. The van der Waals surface area contributed by atoms with E-state index in [0.29, 0.717) is 0 Å². The summed E-state index contributed by atoms with van der Waals surface area (Å²) in [5, 5.41) is 10.6. The van der Waals surface area contributed by atoms with E-state index in [-0.39, 0.29) is 28.8 Å². The molecular formula is C11H11ClN2O5S. The molecule has 2 rings (SSSR count). The standard InChI is InChI=1S/C11H11ClN2O5S/c1-7-4-11(15)13(6-7)20(18,19)8-2-3-9(12)10(5-8)14(16)17/h2-3,5,7H,4,6H2,1H3. The van der Waals surface area contributed by atoms with Gasteiger partial charge in [-0.1, -0.05) is 18.5 Å². The van der Waals surface area contributed by atoms with E-state index < -0.39 is 26.5 Å². The minimum Gasteiger partial charge on any atom is -0.274 e. The number of benzene rings is 1. The summed E-state index contributed by atoms with van der Waals surface area (Å²) in [4.78, 5) is 21.4. The van der Waals surface area contributed by atoms with Crippen LogP contribution in [0.1, 0.15) is 13.3 Å². The van der Waals surface area contributed by atoms with Crippen LogP contribution in [0.3, 0.4) is 0 Å². The Morgan fingerprint density at radius 1 is 1.45 bits per heavy atom. The molecule has 0 N–H and O–H groups in total. The van der Waals surface area contributed by atoms with Crippen molar-refractivity contribution in [1.82, 2.24) is 4.31 Å². The van der Waals surface area contributed by atoms with Crippen LogP contribution in [0.25, 0.3) is 0 Å². The minimum absolute atomic E-state index is 0.0699. The maximum Gasteiger partial charge on any atom is 0.289 e. The molecule has 1 aliphatic rings. The molecule has 7 nitrogen and oxygen atoms in total. The number of hydrogen-bond donors (Lipinski definition) is 0. The molecule has 1 aromatic rings. The van der Waals surface area contributed by atoms with E-state index in [1.807, 2.05) is 0 Å². The highest BCUT2D eigenvalue weighted by atomic mass is 35.5. The quantitative estimate of drug-likeness (QED) is 0.625. The molecule has 1 aliphatic heterocycles. The zero-order chi connectivity index (χ0) is 15.1. The summed E-state index contributed by atoms with van der Waals surface area (Å²) >= 11 is 5.64. The fourth-order valence-corrected chi connectivity index (χ4v) is 3.74. The van der Waals surface area contributed by atoms with Crippen molar-refractivity contribution in [1.29, 1.82) is 0 Å². The lowest BCUT2D eigenvalue weighted by Gasteiger charge is -2.16. The molecule has 108 valence electrons. The van der Waals surface area contributed by atoms with Crippen molar-refractivity contribution in [3.8, 4) is 0 Å². The maximum absolute atomic E-state index is 12.3. The molecule has 20 heavy (non-hydrogen) atoms. The molecule has 0 radical (unpaired) electrons. The normalized spacial score (nSPS) is 19.4. The van der Waals surface area contributed by atoms with Crippen molar-refractivity contribution in [3.63, 3.8) is 0 Å². The number of rotatable bonds is 3. The third-order valence-electron chi connectivity index (χ3n) is 2.98. The Bertz CT molecular complexity index is 688. The second-order valence-corrected chi connectivity index (χ2v) is 6.88. The third kappa shape index (κ3) is 2.48. The van der Waals surface area contributed by atoms with Crippen LogP contribution in [0.2, 0.25) is 5.02 Å². The monoisotopic (exact) mass is 318 g/mol. The van der Waals surface area contributed by atoms with E-state index >= 15 is 0 Å². The van der Waals surface area contributed by atoms with Gasteiger partial charge in [0.05, 0.1) is 9.82 Å². The van der Waals surface area contributed by atoms with Crippen molar-refractivity contribution < 1.29 is 18.1 Å². The molecule has 1 fully saturated rings. The van der Waals surface area contributed by atoms with Crippen LogP contribution in [-0.4, -0.2) is 30.1 Å². The number of sulfonamides is 1. The molecule has 0 saturated carbocycles. The van der Waals surface area contributed by atoms with Gasteiger partial charge in [-0.2, -0.15) is 0 Å². The molecule has 9 heteroatoms. The topological polar surface area (TPSA) is 97.6 Å². The first-order valence-electron chi connectivity index (χ1n) is 5.73. The minimum atomic E-state index is -4.07. The third-order valence-corrected chi connectivity index (χ3v) is 5.08. The average molecular weight is 319 g/mol. The summed E-state index contributed by atoms with van der Waals surface area (Å²) < 4.78 is 25.4. The molecule has 0 bridgehead atoms. The second kappa shape index (κ2) is 5.02. The maximum atomic E-state index is 12.3. The predicted molar refractivity (Wildman–Crippen MR) is 70.8 cm³/mol. The largest absolute Gasteiger partial charge is 0.289 e. The first kappa shape index (κ1) is 14.7. The summed E-state index contributed by atoms with van der Waals surface area (Å²) in [5.41, 5.74) is -0.507. The van der Waals surface area contributed by atoms with Crippen LogP contribution in [0, 0.1) is 16.0 Å². The molecule has 1 amide bonds. The molecule has 1 unspecified atom stereocenters. The molecule has 1 aromatic carbocycles. The lowest BCUT2D eigenvalue weighted by molar-refractivity contribution is -0.384. The van der Waals surface area contributed by atoms with Crippen LogP contribution in [-0.2, 0) is 14.8 Å². The Balaban J connectivity index is 2.48. The number of nitro groups is 1. The number of carbonyl (C=O) groups is 1. The van der Waals surface area contributed by atoms with E-state index in [1.54, 1.807) is 6.92 Å². The smallest absolute Gasteiger partial charge is 0.274 e. The summed E-state index contributed by atoms with van der Waals surface area (Å²) in [6.45, 7) is 1.84. The van der Waals surface area contributed by atoms with Gasteiger partial charge in [0.2, 0.25) is 5.91 Å². The van der Waals surface area contributed by atoms with Crippen LogP contribution < -0.4 is 0 Å². The van der Waals surface area contributed by atoms with E-state index in [0.717, 1.165) is 22.5 Å². The average Bonchev–Trinajstić information content (AvgIpc) is 2.69. The van der Waals surface area contributed by atoms with Crippen LogP contribution in [0.4, 0.5) is 5.69 Å². The molecular weight excluding hydrogens is 308 g/mol. The van der Waals surface area contributed by atoms with E-state index in [1.165, 1.54) is 0 Å². The number of amides is 1. The van der Waals surface area contributed by atoms with Gasteiger partial charge in [0.25, 0.3) is 15.7 Å². The summed E-state index contributed by atoms with van der Waals surface area (Å²) in [6.07, 6.45) is 0.148. The summed E-state index contributed by atoms with van der Waals surface area (Å²) in [5.74, 6) is -0.574. The predicted octanol–water partition coefficient (Wildman–Crippen LogP) is 1.81. The second-order valence-electron chi connectivity index (χ2n) is 4.61. The van der Waals surface area contributed by atoms with Gasteiger partial charge in [-0.15, -0.1) is 0 Å². The van der Waals surface area contributed by atoms with Crippen molar-refractivity contribution in [2.75, 3.05) is 6.54 Å². The Labute approximate surface area is 120 Å². The van der Waals surface area contributed by atoms with Crippen LogP contribution in [0.15, 0.2) is 23.1 Å². The molecule has 1 atom stereocenters. The van der Waals surface area contributed by atoms with Gasteiger partial charge in [-0.25, -0.2) is 12.7 Å². The van der Waals surface area contributed by atoms with Gasteiger partial charge >= 0.3 is 0 Å². The fraction of sp³-hybridized carbons (Fsp3) is 0.364. The lowest BCUT2D eigenvalue weighted by Crippen LogP contribution is -2.32. The van der Waals surface area contributed by atoms with Crippen LogP contribution in [0.5, 0.6) is 0 Å². The number of halogens is 1. The Hall–Kier alpha value is -1.67. The summed E-state index contributed by atoms with van der Waals surface area (Å²) in [7, 11) is -4.07. The molecule has 1 saturated heterocycles. The Kier molecular flexibility index (Phi) is 3.70. The van der Waals surface area contributed by atoms with Crippen molar-refractivity contribution >= 4 is 33.2 Å². The van der Waals surface area contributed by atoms with Crippen LogP contribution >= 0.6 is 11.6 Å². The SMILES string of the molecule is CC1CC(=O)N(S(=O)(=O)c2ccc(Cl)c([N+](=O)[O-])c2)C1. The Morgan fingerprint density at radius 3 is 2.60 bits per heavy atom. The van der Waals surface area contributed by atoms with Gasteiger partial charge in [-0.3, -0.25) is 14.9 Å². The van der Waals surface area contributed by atoms with Gasteiger partial charge in [0.1, 0.15) is 5.02 Å². The van der Waals surface area contributed by atoms with Crippen molar-refractivity contribution in [2.45, 2.75) is 18.2 Å². The van der Waals surface area contributed by atoms with Crippen molar-refractivity contribution in [3.05, 3.63) is 33.3 Å². The highest BCUT2D eigenvalue weighted by Crippen LogP contribution is 2.30. The van der Waals surface area contributed by atoms with Gasteiger partial charge in [0, 0.05) is 19.0 Å². The van der Waals surface area contributed by atoms with Gasteiger partial charge < -0.3 is 0 Å². The number of nitro benzene ring substituents is 1. The van der Waals surface area contributed by atoms with Gasteiger partial charge in [-0.05, 0) is 18.1 Å². The molecule has 1 heterocycles. The highest BCUT2D eigenvalue weighted by Gasteiger charge is 2.37. The number of nitrogens with zero attached hydrogens (tertiary/aromatic N) is 2. The Morgan fingerprint density at radius 2 is 2.10 bits per heavy atom. The molecule has 0 aromatic heterocycles. The fourth-order valence-electron chi connectivity index (χ4n) is 2.00. The lowest BCUT2D eigenvalue weighted by atomic mass is 10.2. The number of carbonyl (C=O) groups excluding carboxylic acids is 1.